The Balaban J connectivity index is 1.52. The van der Waals surface area contributed by atoms with Crippen LogP contribution in [0.5, 0.6) is 0 Å². The van der Waals surface area contributed by atoms with E-state index in [1.165, 1.54) is 9.08 Å². The Morgan fingerprint density at radius 2 is 2.36 bits per heavy atom. The van der Waals surface area contributed by atoms with Crippen LogP contribution in [0.25, 0.3) is 5.65 Å². The molecule has 3 rings (SSSR count). The Labute approximate surface area is 126 Å². The molecule has 1 fully saturated rings. The molecule has 2 aromatic rings. The summed E-state index contributed by atoms with van der Waals surface area (Å²) in [4.78, 5) is 23.8. The van der Waals surface area contributed by atoms with E-state index in [1.54, 1.807) is 24.4 Å². The number of aromatic nitrogens is 3. The molecule has 0 unspecified atom stereocenters. The number of halogens is 1. The zero-order chi connectivity index (χ0) is 15.5. The molecule has 1 aliphatic rings. The van der Waals surface area contributed by atoms with Crippen molar-refractivity contribution >= 4 is 11.6 Å². The maximum Gasteiger partial charge on any atom is 0.350 e. The van der Waals surface area contributed by atoms with Crippen molar-refractivity contribution in [3.8, 4) is 0 Å². The summed E-state index contributed by atoms with van der Waals surface area (Å²) in [5.41, 5.74) is 0.290. The van der Waals surface area contributed by atoms with Gasteiger partial charge in [-0.3, -0.25) is 9.20 Å². The monoisotopic (exact) mass is 307 g/mol. The third-order valence-electron chi connectivity index (χ3n) is 3.75. The van der Waals surface area contributed by atoms with E-state index < -0.39 is 6.17 Å². The first-order chi connectivity index (χ1) is 10.6. The van der Waals surface area contributed by atoms with Gasteiger partial charge in [0.25, 0.3) is 0 Å². The lowest BCUT2D eigenvalue weighted by atomic mass is 10.2. The summed E-state index contributed by atoms with van der Waals surface area (Å²) in [7, 11) is 0. The molecule has 1 aliphatic heterocycles. The second-order valence-corrected chi connectivity index (χ2v) is 5.43. The molecule has 1 amide bonds. The lowest BCUT2D eigenvalue weighted by Gasteiger charge is -2.10. The molecule has 2 atom stereocenters. The number of rotatable bonds is 5. The maximum atomic E-state index is 13.0. The van der Waals surface area contributed by atoms with Gasteiger partial charge in [0.1, 0.15) is 6.17 Å². The first-order valence-electron chi connectivity index (χ1n) is 7.32. The van der Waals surface area contributed by atoms with Crippen LogP contribution in [0.15, 0.2) is 29.2 Å². The summed E-state index contributed by atoms with van der Waals surface area (Å²) in [6.45, 7) is 0.965. The number of amides is 1. The number of nitrogens with zero attached hydrogens (tertiary/aromatic N) is 3. The van der Waals surface area contributed by atoms with Gasteiger partial charge < -0.3 is 10.6 Å². The lowest BCUT2D eigenvalue weighted by Crippen LogP contribution is -2.37. The Kier molecular flexibility index (Phi) is 4.19. The fourth-order valence-electron chi connectivity index (χ4n) is 2.57. The van der Waals surface area contributed by atoms with Crippen molar-refractivity contribution in [2.24, 2.45) is 0 Å². The Morgan fingerprint density at radius 3 is 3.09 bits per heavy atom. The van der Waals surface area contributed by atoms with Crippen LogP contribution in [0.3, 0.4) is 0 Å². The van der Waals surface area contributed by atoms with Crippen molar-refractivity contribution in [2.75, 3.05) is 13.1 Å². The Hall–Kier alpha value is -2.22. The van der Waals surface area contributed by atoms with Crippen LogP contribution in [-0.2, 0) is 11.3 Å². The van der Waals surface area contributed by atoms with Crippen molar-refractivity contribution in [3.05, 3.63) is 34.9 Å². The number of alkyl halides is 1. The number of hydrogen-bond acceptors (Lipinski definition) is 4. The predicted molar refractivity (Wildman–Crippen MR) is 78.4 cm³/mol. The lowest BCUT2D eigenvalue weighted by molar-refractivity contribution is -0.121. The van der Waals surface area contributed by atoms with E-state index in [4.69, 9.17) is 0 Å². The largest absolute Gasteiger partial charge is 0.354 e. The minimum Gasteiger partial charge on any atom is -0.354 e. The van der Waals surface area contributed by atoms with Crippen LogP contribution >= 0.6 is 0 Å². The van der Waals surface area contributed by atoms with Gasteiger partial charge in [0, 0.05) is 31.7 Å². The van der Waals surface area contributed by atoms with Gasteiger partial charge in [-0.25, -0.2) is 13.9 Å². The molecule has 118 valence electrons. The zero-order valence-corrected chi connectivity index (χ0v) is 12.0. The van der Waals surface area contributed by atoms with Crippen molar-refractivity contribution in [1.82, 2.24) is 24.8 Å². The topological polar surface area (TPSA) is 80.4 Å². The molecule has 0 spiro atoms. The van der Waals surface area contributed by atoms with E-state index in [0.29, 0.717) is 25.2 Å². The molecular formula is C14H18FN5O2. The fourth-order valence-corrected chi connectivity index (χ4v) is 2.57. The number of carbonyl (C=O) groups is 1. The average Bonchev–Trinajstić information content (AvgIpc) is 3.07. The molecule has 0 aromatic carbocycles. The number of hydrogen-bond donors (Lipinski definition) is 2. The van der Waals surface area contributed by atoms with Gasteiger partial charge in [0.15, 0.2) is 5.65 Å². The molecule has 2 N–H and O–H groups in total. The number of carbonyl (C=O) groups excluding carboxylic acids is 1. The van der Waals surface area contributed by atoms with Gasteiger partial charge in [0.05, 0.1) is 6.54 Å². The van der Waals surface area contributed by atoms with Gasteiger partial charge in [-0.2, -0.15) is 0 Å². The minimum atomic E-state index is -0.835. The first kappa shape index (κ1) is 14.7. The molecule has 7 nitrogen and oxygen atoms in total. The first-order valence-corrected chi connectivity index (χ1v) is 7.32. The molecule has 3 heterocycles. The fraction of sp³-hybridized carbons (Fsp3) is 0.500. The maximum absolute atomic E-state index is 13.0. The van der Waals surface area contributed by atoms with Crippen molar-refractivity contribution in [1.29, 1.82) is 0 Å². The van der Waals surface area contributed by atoms with Crippen LogP contribution in [0.4, 0.5) is 4.39 Å². The van der Waals surface area contributed by atoms with Gasteiger partial charge in [-0.05, 0) is 18.6 Å². The molecule has 2 aromatic heterocycles. The van der Waals surface area contributed by atoms with Gasteiger partial charge >= 0.3 is 5.69 Å². The zero-order valence-electron chi connectivity index (χ0n) is 12.0. The quantitative estimate of drug-likeness (QED) is 0.795. The highest BCUT2D eigenvalue weighted by Gasteiger charge is 2.23. The number of fused-ring (bicyclic) bond motifs is 1. The molecule has 22 heavy (non-hydrogen) atoms. The molecular weight excluding hydrogens is 289 g/mol. The highest BCUT2D eigenvalue weighted by atomic mass is 19.1. The number of pyridine rings is 1. The van der Waals surface area contributed by atoms with Crippen LogP contribution in [-0.4, -0.2) is 45.4 Å². The summed E-state index contributed by atoms with van der Waals surface area (Å²) in [6, 6.07) is 5.26. The second kappa shape index (κ2) is 6.27. The minimum absolute atomic E-state index is 0.0168. The summed E-state index contributed by atoms with van der Waals surface area (Å²) < 4.78 is 15.7. The van der Waals surface area contributed by atoms with Gasteiger partial charge in [-0.1, -0.05) is 6.07 Å². The van der Waals surface area contributed by atoms with Crippen LogP contribution < -0.4 is 16.3 Å². The van der Waals surface area contributed by atoms with Crippen molar-refractivity contribution < 1.29 is 9.18 Å². The number of nitrogens with one attached hydrogen (secondary N) is 2. The standard InChI is InChI=1S/C14H18FN5O2/c15-10-7-11(16-8-10)9-17-13(21)4-6-20-14(22)19-5-2-1-3-12(19)18-20/h1-3,5,10-11,16H,4,6-9H2,(H,17,21)/t10-,11-/m0/s1. The van der Waals surface area contributed by atoms with Crippen LogP contribution in [0, 0.1) is 0 Å². The van der Waals surface area contributed by atoms with Crippen molar-refractivity contribution in [2.45, 2.75) is 31.6 Å². The smallest absolute Gasteiger partial charge is 0.350 e. The van der Waals surface area contributed by atoms with Crippen molar-refractivity contribution in [3.63, 3.8) is 0 Å². The molecule has 0 saturated carbocycles. The second-order valence-electron chi connectivity index (χ2n) is 5.43. The third-order valence-corrected chi connectivity index (χ3v) is 3.75. The normalized spacial score (nSPS) is 21.3. The van der Waals surface area contributed by atoms with E-state index >= 15 is 0 Å². The SMILES string of the molecule is O=C(CCn1nc2ccccn2c1=O)NC[C@@H]1C[C@H](F)CN1. The highest BCUT2D eigenvalue weighted by molar-refractivity contribution is 5.75. The predicted octanol–water partition coefficient (Wildman–Crippen LogP) is -0.298. The molecule has 0 bridgehead atoms. The van der Waals surface area contributed by atoms with E-state index in [2.05, 4.69) is 15.7 Å². The summed E-state index contributed by atoms with van der Waals surface area (Å²) in [6.07, 6.45) is 1.39. The van der Waals surface area contributed by atoms with E-state index in [1.807, 2.05) is 0 Å². The van der Waals surface area contributed by atoms with E-state index in [0.717, 1.165) is 0 Å². The summed E-state index contributed by atoms with van der Waals surface area (Å²) in [5.74, 6) is -0.173. The van der Waals surface area contributed by atoms with Crippen LogP contribution in [0.2, 0.25) is 0 Å². The molecule has 0 aliphatic carbocycles. The Bertz CT molecular complexity index is 725. The summed E-state index contributed by atoms with van der Waals surface area (Å²) in [5, 5.41) is 9.91. The summed E-state index contributed by atoms with van der Waals surface area (Å²) >= 11 is 0. The average molecular weight is 307 g/mol. The highest BCUT2D eigenvalue weighted by Crippen LogP contribution is 2.08. The van der Waals surface area contributed by atoms with Gasteiger partial charge in [-0.15, -0.1) is 5.10 Å². The van der Waals surface area contributed by atoms with Crippen LogP contribution in [0.1, 0.15) is 12.8 Å². The van der Waals surface area contributed by atoms with E-state index in [9.17, 15) is 14.0 Å². The molecule has 1 saturated heterocycles. The molecule has 8 heteroatoms. The third kappa shape index (κ3) is 3.16. The number of aryl methyl sites for hydroxylation is 1. The Morgan fingerprint density at radius 1 is 1.50 bits per heavy atom. The van der Waals surface area contributed by atoms with E-state index in [-0.39, 0.29) is 30.6 Å². The molecule has 0 radical (unpaired) electrons. The van der Waals surface area contributed by atoms with Gasteiger partial charge in [0.2, 0.25) is 5.91 Å².